The molecule has 18 heavy (non-hydrogen) atoms. The van der Waals surface area contributed by atoms with Crippen LogP contribution >= 0.6 is 11.8 Å². The quantitative estimate of drug-likeness (QED) is 0.520. The highest BCUT2D eigenvalue weighted by atomic mass is 32.2. The minimum absolute atomic E-state index is 0.425. The maximum atomic E-state index is 13.6. The van der Waals surface area contributed by atoms with E-state index in [9.17, 15) is 4.39 Å². The highest BCUT2D eigenvalue weighted by Crippen LogP contribution is 2.24. The number of hydrogen-bond donors (Lipinski definition) is 1. The van der Waals surface area contributed by atoms with Gasteiger partial charge in [-0.25, -0.2) is 4.98 Å². The molecule has 2 aromatic rings. The number of aromatic nitrogens is 2. The standard InChI is InChI=1S/C13H14FN3S/c1-8-6-4-5-7-10(8)15-12-9(2)11(14)16-13(17-12)18-3/h4-7H,1-3H3,(H,15,16,17). The third-order valence-corrected chi connectivity index (χ3v) is 3.19. The number of aryl methyl sites for hydroxylation is 1. The van der Waals surface area contributed by atoms with E-state index in [0.717, 1.165) is 11.3 Å². The van der Waals surface area contributed by atoms with Crippen molar-refractivity contribution < 1.29 is 4.39 Å². The molecular weight excluding hydrogens is 249 g/mol. The van der Waals surface area contributed by atoms with E-state index in [1.807, 2.05) is 37.4 Å². The monoisotopic (exact) mass is 263 g/mol. The zero-order chi connectivity index (χ0) is 13.1. The predicted molar refractivity (Wildman–Crippen MR) is 73.0 cm³/mol. The van der Waals surface area contributed by atoms with Crippen LogP contribution in [-0.2, 0) is 0 Å². The fraction of sp³-hybridized carbons (Fsp3) is 0.231. The first kappa shape index (κ1) is 12.8. The normalized spacial score (nSPS) is 10.4. The summed E-state index contributed by atoms with van der Waals surface area (Å²) in [7, 11) is 0. The molecule has 1 aromatic carbocycles. The molecule has 0 atom stereocenters. The summed E-state index contributed by atoms with van der Waals surface area (Å²) in [6.45, 7) is 3.66. The molecular formula is C13H14FN3S. The second-order valence-electron chi connectivity index (χ2n) is 3.91. The molecule has 0 saturated carbocycles. The van der Waals surface area contributed by atoms with Crippen molar-refractivity contribution in [1.82, 2.24) is 9.97 Å². The Morgan fingerprint density at radius 3 is 2.56 bits per heavy atom. The molecule has 5 heteroatoms. The van der Waals surface area contributed by atoms with Crippen LogP contribution in [-0.4, -0.2) is 16.2 Å². The van der Waals surface area contributed by atoms with Crippen LogP contribution in [0, 0.1) is 19.8 Å². The number of para-hydroxylation sites is 1. The van der Waals surface area contributed by atoms with Crippen molar-refractivity contribution >= 4 is 23.3 Å². The largest absolute Gasteiger partial charge is 0.340 e. The van der Waals surface area contributed by atoms with E-state index in [1.165, 1.54) is 11.8 Å². The maximum Gasteiger partial charge on any atom is 0.221 e. The van der Waals surface area contributed by atoms with Crippen LogP contribution in [0.3, 0.4) is 0 Å². The Kier molecular flexibility index (Phi) is 3.81. The van der Waals surface area contributed by atoms with Crippen LogP contribution in [0.15, 0.2) is 29.4 Å². The number of nitrogens with zero attached hydrogens (tertiary/aromatic N) is 2. The second-order valence-corrected chi connectivity index (χ2v) is 4.69. The smallest absolute Gasteiger partial charge is 0.221 e. The minimum atomic E-state index is -0.481. The van der Waals surface area contributed by atoms with Crippen LogP contribution in [0.5, 0.6) is 0 Å². The highest BCUT2D eigenvalue weighted by Gasteiger charge is 2.11. The van der Waals surface area contributed by atoms with Crippen molar-refractivity contribution in [2.45, 2.75) is 19.0 Å². The molecule has 0 aliphatic heterocycles. The van der Waals surface area contributed by atoms with Crippen molar-refractivity contribution in [3.05, 3.63) is 41.3 Å². The lowest BCUT2D eigenvalue weighted by Gasteiger charge is -2.11. The van der Waals surface area contributed by atoms with Crippen molar-refractivity contribution in [2.75, 3.05) is 11.6 Å². The van der Waals surface area contributed by atoms with Crippen LogP contribution in [0.1, 0.15) is 11.1 Å². The number of benzene rings is 1. The summed E-state index contributed by atoms with van der Waals surface area (Å²) in [5, 5.41) is 3.58. The van der Waals surface area contributed by atoms with Crippen molar-refractivity contribution in [3.63, 3.8) is 0 Å². The van der Waals surface area contributed by atoms with Crippen LogP contribution in [0.2, 0.25) is 0 Å². The van der Waals surface area contributed by atoms with Gasteiger partial charge in [-0.3, -0.25) is 0 Å². The first-order chi connectivity index (χ1) is 8.61. The lowest BCUT2D eigenvalue weighted by atomic mass is 10.2. The van der Waals surface area contributed by atoms with E-state index in [0.29, 0.717) is 16.5 Å². The van der Waals surface area contributed by atoms with Crippen molar-refractivity contribution in [1.29, 1.82) is 0 Å². The lowest BCUT2D eigenvalue weighted by molar-refractivity contribution is 0.555. The predicted octanol–water partition coefficient (Wildman–Crippen LogP) is 3.70. The van der Waals surface area contributed by atoms with Gasteiger partial charge < -0.3 is 5.32 Å². The summed E-state index contributed by atoms with van der Waals surface area (Å²) in [5.41, 5.74) is 2.43. The van der Waals surface area contributed by atoms with E-state index < -0.39 is 5.95 Å². The SMILES string of the molecule is CSc1nc(F)c(C)c(Nc2ccccc2C)n1. The Hall–Kier alpha value is -1.62. The van der Waals surface area contributed by atoms with Crippen molar-refractivity contribution in [2.24, 2.45) is 0 Å². The molecule has 1 aromatic heterocycles. The number of hydrogen-bond acceptors (Lipinski definition) is 4. The molecule has 94 valence electrons. The number of thioether (sulfide) groups is 1. The molecule has 3 nitrogen and oxygen atoms in total. The first-order valence-electron chi connectivity index (χ1n) is 5.52. The summed E-state index contributed by atoms with van der Waals surface area (Å²) >= 11 is 1.32. The molecule has 0 spiro atoms. The Morgan fingerprint density at radius 2 is 1.89 bits per heavy atom. The Labute approximate surface area is 110 Å². The molecule has 0 radical (unpaired) electrons. The molecule has 2 rings (SSSR count). The molecule has 0 unspecified atom stereocenters. The molecule has 0 fully saturated rings. The van der Waals surface area contributed by atoms with Gasteiger partial charge in [-0.2, -0.15) is 9.37 Å². The third kappa shape index (κ3) is 2.61. The molecule has 0 bridgehead atoms. The number of anilines is 2. The van der Waals surface area contributed by atoms with Gasteiger partial charge in [-0.05, 0) is 31.7 Å². The van der Waals surface area contributed by atoms with E-state index >= 15 is 0 Å². The fourth-order valence-corrected chi connectivity index (χ4v) is 1.88. The van der Waals surface area contributed by atoms with Crippen LogP contribution in [0.4, 0.5) is 15.9 Å². The summed E-state index contributed by atoms with van der Waals surface area (Å²) in [6.07, 6.45) is 1.82. The Balaban J connectivity index is 2.40. The number of halogens is 1. The van der Waals surface area contributed by atoms with Gasteiger partial charge >= 0.3 is 0 Å². The molecule has 0 aliphatic rings. The van der Waals surface area contributed by atoms with E-state index in [2.05, 4.69) is 15.3 Å². The van der Waals surface area contributed by atoms with Gasteiger partial charge in [0, 0.05) is 11.3 Å². The van der Waals surface area contributed by atoms with Gasteiger partial charge in [0.25, 0.3) is 0 Å². The highest BCUT2D eigenvalue weighted by molar-refractivity contribution is 7.98. The summed E-state index contributed by atoms with van der Waals surface area (Å²) in [4.78, 5) is 8.05. The van der Waals surface area contributed by atoms with E-state index in [-0.39, 0.29) is 0 Å². The second kappa shape index (κ2) is 5.35. The van der Waals surface area contributed by atoms with Crippen molar-refractivity contribution in [3.8, 4) is 0 Å². The van der Waals surface area contributed by atoms with Gasteiger partial charge in [0.2, 0.25) is 5.95 Å². The van der Waals surface area contributed by atoms with Gasteiger partial charge in [0.15, 0.2) is 5.16 Å². The molecule has 1 heterocycles. The number of rotatable bonds is 3. The van der Waals surface area contributed by atoms with Crippen LogP contribution < -0.4 is 5.32 Å². The maximum absolute atomic E-state index is 13.6. The summed E-state index contributed by atoms with van der Waals surface area (Å²) in [5.74, 6) is 0.0339. The summed E-state index contributed by atoms with van der Waals surface area (Å²) < 4.78 is 13.6. The van der Waals surface area contributed by atoms with Crippen LogP contribution in [0.25, 0.3) is 0 Å². The number of nitrogens with one attached hydrogen (secondary N) is 1. The average Bonchev–Trinajstić information content (AvgIpc) is 2.37. The molecule has 1 N–H and O–H groups in total. The minimum Gasteiger partial charge on any atom is -0.340 e. The van der Waals surface area contributed by atoms with E-state index in [1.54, 1.807) is 6.92 Å². The zero-order valence-electron chi connectivity index (χ0n) is 10.5. The molecule has 0 saturated heterocycles. The summed E-state index contributed by atoms with van der Waals surface area (Å²) in [6, 6.07) is 7.82. The van der Waals surface area contributed by atoms with Gasteiger partial charge in [-0.1, -0.05) is 30.0 Å². The Morgan fingerprint density at radius 1 is 1.17 bits per heavy atom. The van der Waals surface area contributed by atoms with Gasteiger partial charge in [0.05, 0.1) is 0 Å². The molecule has 0 amide bonds. The Bertz CT molecular complexity index is 572. The first-order valence-corrected chi connectivity index (χ1v) is 6.75. The van der Waals surface area contributed by atoms with Gasteiger partial charge in [-0.15, -0.1) is 0 Å². The zero-order valence-corrected chi connectivity index (χ0v) is 11.3. The topological polar surface area (TPSA) is 37.8 Å². The third-order valence-electron chi connectivity index (χ3n) is 2.65. The molecule has 0 aliphatic carbocycles. The average molecular weight is 263 g/mol. The van der Waals surface area contributed by atoms with Gasteiger partial charge in [0.1, 0.15) is 5.82 Å². The lowest BCUT2D eigenvalue weighted by Crippen LogP contribution is -2.03. The fourth-order valence-electron chi connectivity index (χ4n) is 1.52. The van der Waals surface area contributed by atoms with E-state index in [4.69, 9.17) is 0 Å².